The lowest BCUT2D eigenvalue weighted by Crippen LogP contribution is -2.15. The number of β-amino-alcohol motifs (C(OH)–C–C–N with tert-alkyl or cyclic N) is 1. The average Bonchev–Trinajstić information content (AvgIpc) is 2.55. The maximum absolute atomic E-state index is 9.17. The van der Waals surface area contributed by atoms with E-state index in [0.29, 0.717) is 6.54 Å². The Hall–Kier alpha value is -0.940. The summed E-state index contributed by atoms with van der Waals surface area (Å²) >= 11 is 0. The molecule has 1 aliphatic heterocycles. The van der Waals surface area contributed by atoms with Crippen LogP contribution in [0.25, 0.3) is 0 Å². The van der Waals surface area contributed by atoms with E-state index in [1.807, 2.05) is 0 Å². The van der Waals surface area contributed by atoms with Crippen molar-refractivity contribution >= 4 is 0 Å². The minimum Gasteiger partial charge on any atom is -0.392 e. The minimum atomic E-state index is -0.245. The molecule has 5 heteroatoms. The molecule has 1 fully saturated rings. The molecule has 1 saturated heterocycles. The first-order valence-electron chi connectivity index (χ1n) is 3.63. The predicted octanol–water partition coefficient (Wildman–Crippen LogP) is -0.800. The summed E-state index contributed by atoms with van der Waals surface area (Å²) in [7, 11) is 0. The van der Waals surface area contributed by atoms with Crippen molar-refractivity contribution < 1.29 is 5.11 Å². The van der Waals surface area contributed by atoms with Gasteiger partial charge in [-0.25, -0.2) is 4.98 Å². The highest BCUT2D eigenvalue weighted by atomic mass is 16.3. The van der Waals surface area contributed by atoms with E-state index in [1.54, 1.807) is 0 Å². The number of aromatic nitrogens is 3. The molecule has 1 aromatic rings. The van der Waals surface area contributed by atoms with Crippen LogP contribution in [0.3, 0.4) is 0 Å². The highest BCUT2D eigenvalue weighted by Gasteiger charge is 2.24. The molecule has 2 heterocycles. The highest BCUT2D eigenvalue weighted by molar-refractivity contribution is 4.96. The van der Waals surface area contributed by atoms with Crippen LogP contribution in [0.15, 0.2) is 6.33 Å². The first-order chi connectivity index (χ1) is 5.36. The molecule has 5 nitrogen and oxygen atoms in total. The van der Waals surface area contributed by atoms with Crippen LogP contribution < -0.4 is 5.32 Å². The van der Waals surface area contributed by atoms with Crippen LogP contribution in [0.5, 0.6) is 0 Å². The summed E-state index contributed by atoms with van der Waals surface area (Å²) in [5.41, 5.74) is 0. The van der Waals surface area contributed by atoms with Crippen molar-refractivity contribution in [3.8, 4) is 0 Å². The molecule has 1 aromatic heterocycles. The third kappa shape index (κ3) is 1.24. The fourth-order valence-electron chi connectivity index (χ4n) is 1.31. The SMILES string of the molecule is O[C@H]1CN[C@@H](c2ncn[nH]2)C1. The summed E-state index contributed by atoms with van der Waals surface area (Å²) in [6.45, 7) is 0.644. The summed E-state index contributed by atoms with van der Waals surface area (Å²) in [4.78, 5) is 3.99. The van der Waals surface area contributed by atoms with Crippen LogP contribution >= 0.6 is 0 Å². The molecule has 0 spiro atoms. The van der Waals surface area contributed by atoms with Gasteiger partial charge in [-0.05, 0) is 6.42 Å². The molecule has 0 saturated carbocycles. The molecule has 3 N–H and O–H groups in total. The number of hydrogen-bond acceptors (Lipinski definition) is 4. The van der Waals surface area contributed by atoms with Crippen LogP contribution in [0.4, 0.5) is 0 Å². The van der Waals surface area contributed by atoms with Gasteiger partial charge in [0.15, 0.2) is 0 Å². The second kappa shape index (κ2) is 2.60. The van der Waals surface area contributed by atoms with E-state index in [-0.39, 0.29) is 12.1 Å². The Balaban J connectivity index is 2.08. The standard InChI is InChI=1S/C6H10N4O/c11-4-1-5(7-2-4)6-8-3-9-10-6/h3-5,7,11H,1-2H2,(H,8,9,10)/t4-,5-/m1/s1. The van der Waals surface area contributed by atoms with Crippen LogP contribution in [-0.2, 0) is 0 Å². The van der Waals surface area contributed by atoms with Crippen LogP contribution in [-0.4, -0.2) is 32.9 Å². The van der Waals surface area contributed by atoms with Gasteiger partial charge >= 0.3 is 0 Å². The molecule has 0 bridgehead atoms. The number of aromatic amines is 1. The Morgan fingerprint density at radius 2 is 2.55 bits per heavy atom. The average molecular weight is 154 g/mol. The number of aliphatic hydroxyl groups excluding tert-OH is 1. The normalized spacial score (nSPS) is 31.0. The van der Waals surface area contributed by atoms with E-state index in [2.05, 4.69) is 20.5 Å². The van der Waals surface area contributed by atoms with Crippen molar-refractivity contribution in [2.75, 3.05) is 6.54 Å². The molecule has 11 heavy (non-hydrogen) atoms. The highest BCUT2D eigenvalue weighted by Crippen LogP contribution is 2.18. The Morgan fingerprint density at radius 3 is 3.09 bits per heavy atom. The lowest BCUT2D eigenvalue weighted by Gasteiger charge is -2.03. The molecule has 0 amide bonds. The van der Waals surface area contributed by atoms with Gasteiger partial charge in [0.2, 0.25) is 0 Å². The molecular weight excluding hydrogens is 144 g/mol. The van der Waals surface area contributed by atoms with Gasteiger partial charge in [0.05, 0.1) is 12.1 Å². The summed E-state index contributed by atoms with van der Waals surface area (Å²) < 4.78 is 0. The summed E-state index contributed by atoms with van der Waals surface area (Å²) in [5.74, 6) is 0.807. The van der Waals surface area contributed by atoms with E-state index in [9.17, 15) is 5.11 Å². The lowest BCUT2D eigenvalue weighted by atomic mass is 10.2. The van der Waals surface area contributed by atoms with E-state index >= 15 is 0 Å². The second-order valence-electron chi connectivity index (χ2n) is 2.72. The molecule has 60 valence electrons. The van der Waals surface area contributed by atoms with Gasteiger partial charge in [-0.3, -0.25) is 5.10 Å². The molecule has 2 atom stereocenters. The molecule has 0 radical (unpaired) electrons. The molecular formula is C6H10N4O. The first kappa shape index (κ1) is 6.75. The maximum Gasteiger partial charge on any atom is 0.141 e. The third-order valence-electron chi connectivity index (χ3n) is 1.87. The van der Waals surface area contributed by atoms with Crippen LogP contribution in [0.2, 0.25) is 0 Å². The molecule has 0 unspecified atom stereocenters. The fourth-order valence-corrected chi connectivity index (χ4v) is 1.31. The number of H-pyrrole nitrogens is 1. The third-order valence-corrected chi connectivity index (χ3v) is 1.87. The van der Waals surface area contributed by atoms with E-state index in [4.69, 9.17) is 0 Å². The second-order valence-corrected chi connectivity index (χ2v) is 2.72. The Morgan fingerprint density at radius 1 is 1.64 bits per heavy atom. The van der Waals surface area contributed by atoms with Crippen molar-refractivity contribution in [2.45, 2.75) is 18.6 Å². The van der Waals surface area contributed by atoms with Gasteiger partial charge in [0, 0.05) is 6.54 Å². The Bertz CT molecular complexity index is 222. The number of nitrogens with one attached hydrogen (secondary N) is 2. The molecule has 2 rings (SSSR count). The largest absolute Gasteiger partial charge is 0.392 e. The maximum atomic E-state index is 9.17. The van der Waals surface area contributed by atoms with Crippen molar-refractivity contribution in [3.63, 3.8) is 0 Å². The van der Waals surface area contributed by atoms with Crippen molar-refractivity contribution in [2.24, 2.45) is 0 Å². The Kier molecular flexibility index (Phi) is 1.59. The molecule has 0 aromatic carbocycles. The van der Waals surface area contributed by atoms with Crippen molar-refractivity contribution in [3.05, 3.63) is 12.2 Å². The quantitative estimate of drug-likeness (QED) is 0.495. The van der Waals surface area contributed by atoms with E-state index in [0.717, 1.165) is 12.2 Å². The van der Waals surface area contributed by atoms with Gasteiger partial charge in [-0.15, -0.1) is 0 Å². The van der Waals surface area contributed by atoms with E-state index < -0.39 is 0 Å². The minimum absolute atomic E-state index is 0.146. The number of aliphatic hydroxyl groups is 1. The Labute approximate surface area is 63.8 Å². The zero-order valence-corrected chi connectivity index (χ0v) is 5.99. The first-order valence-corrected chi connectivity index (χ1v) is 3.63. The monoisotopic (exact) mass is 154 g/mol. The van der Waals surface area contributed by atoms with Crippen LogP contribution in [0, 0.1) is 0 Å². The topological polar surface area (TPSA) is 73.8 Å². The van der Waals surface area contributed by atoms with Gasteiger partial charge in [-0.1, -0.05) is 0 Å². The van der Waals surface area contributed by atoms with Gasteiger partial charge < -0.3 is 10.4 Å². The van der Waals surface area contributed by atoms with Crippen LogP contribution in [0.1, 0.15) is 18.3 Å². The van der Waals surface area contributed by atoms with Gasteiger partial charge in [0.25, 0.3) is 0 Å². The summed E-state index contributed by atoms with van der Waals surface area (Å²) in [6.07, 6.45) is 1.95. The number of nitrogens with zero attached hydrogens (tertiary/aromatic N) is 2. The van der Waals surface area contributed by atoms with E-state index in [1.165, 1.54) is 6.33 Å². The summed E-state index contributed by atoms with van der Waals surface area (Å²) in [6, 6.07) is 0.146. The zero-order valence-electron chi connectivity index (χ0n) is 5.99. The smallest absolute Gasteiger partial charge is 0.141 e. The molecule has 0 aliphatic carbocycles. The van der Waals surface area contributed by atoms with Gasteiger partial charge in [0.1, 0.15) is 12.2 Å². The number of hydrogen-bond donors (Lipinski definition) is 3. The zero-order chi connectivity index (χ0) is 7.68. The molecule has 1 aliphatic rings. The van der Waals surface area contributed by atoms with Gasteiger partial charge in [-0.2, -0.15) is 5.10 Å². The fraction of sp³-hybridized carbons (Fsp3) is 0.667. The lowest BCUT2D eigenvalue weighted by molar-refractivity contribution is 0.193. The predicted molar refractivity (Wildman–Crippen MR) is 37.8 cm³/mol. The van der Waals surface area contributed by atoms with Crippen molar-refractivity contribution in [1.29, 1.82) is 0 Å². The van der Waals surface area contributed by atoms with Crippen molar-refractivity contribution in [1.82, 2.24) is 20.5 Å². The summed E-state index contributed by atoms with van der Waals surface area (Å²) in [5, 5.41) is 18.8. The number of rotatable bonds is 1.